The number of aromatic nitrogens is 1. The maximum atomic E-state index is 10.5. The van der Waals surface area contributed by atoms with Crippen molar-refractivity contribution in [1.82, 2.24) is 4.98 Å². The number of carbonyl (C=O) groups is 1. The summed E-state index contributed by atoms with van der Waals surface area (Å²) in [4.78, 5) is 14.9. The standard InChI is InChI=1S/C20H18N2O3/c21-20-14(6-4-5-9-19(23)24)12-15-13-17(10-11-18(15)22-20)25-16-7-2-1-3-8-16/h1-5,7-8,10-13H,6,9H2,(H2,21,22)(H,23,24)/b5-4-. The number of nitrogens with zero attached hydrogens (tertiary/aromatic N) is 1. The lowest BCUT2D eigenvalue weighted by molar-refractivity contribution is -0.136. The molecule has 3 aromatic rings. The molecule has 0 aliphatic heterocycles. The number of carboxylic acid groups (broad SMARTS) is 1. The molecule has 5 nitrogen and oxygen atoms in total. The van der Waals surface area contributed by atoms with Gasteiger partial charge in [0.15, 0.2) is 0 Å². The molecule has 0 saturated heterocycles. The van der Waals surface area contributed by atoms with Crippen LogP contribution in [-0.2, 0) is 11.2 Å². The number of allylic oxidation sites excluding steroid dienone is 1. The number of ether oxygens (including phenoxy) is 1. The molecule has 0 bridgehead atoms. The van der Waals surface area contributed by atoms with Gasteiger partial charge in [0.1, 0.15) is 17.3 Å². The van der Waals surface area contributed by atoms with Crippen molar-refractivity contribution in [2.45, 2.75) is 12.8 Å². The van der Waals surface area contributed by atoms with E-state index in [1.54, 1.807) is 12.2 Å². The number of hydrogen-bond acceptors (Lipinski definition) is 4. The second-order valence-corrected chi connectivity index (χ2v) is 5.58. The van der Waals surface area contributed by atoms with E-state index in [1.165, 1.54) is 0 Å². The molecule has 0 unspecified atom stereocenters. The van der Waals surface area contributed by atoms with Crippen molar-refractivity contribution in [3.8, 4) is 11.5 Å². The van der Waals surface area contributed by atoms with Crippen LogP contribution in [0.4, 0.5) is 5.82 Å². The van der Waals surface area contributed by atoms with Gasteiger partial charge in [-0.2, -0.15) is 0 Å². The summed E-state index contributed by atoms with van der Waals surface area (Å²) in [6.07, 6.45) is 3.93. The first-order chi connectivity index (χ1) is 12.1. The van der Waals surface area contributed by atoms with Crippen LogP contribution < -0.4 is 10.5 Å². The van der Waals surface area contributed by atoms with Crippen molar-refractivity contribution in [3.05, 3.63) is 72.3 Å². The van der Waals surface area contributed by atoms with Crippen LogP contribution in [0.15, 0.2) is 66.7 Å². The number of fused-ring (bicyclic) bond motifs is 1. The lowest BCUT2D eigenvalue weighted by Crippen LogP contribution is -1.98. The maximum Gasteiger partial charge on any atom is 0.307 e. The fourth-order valence-electron chi connectivity index (χ4n) is 2.46. The quantitative estimate of drug-likeness (QED) is 0.660. The molecule has 0 aliphatic rings. The Hall–Kier alpha value is -3.34. The smallest absolute Gasteiger partial charge is 0.307 e. The van der Waals surface area contributed by atoms with Gasteiger partial charge in [-0.05, 0) is 48.4 Å². The fourth-order valence-corrected chi connectivity index (χ4v) is 2.46. The van der Waals surface area contributed by atoms with Crippen LogP contribution in [0.3, 0.4) is 0 Å². The molecule has 3 rings (SSSR count). The Labute approximate surface area is 145 Å². The summed E-state index contributed by atoms with van der Waals surface area (Å²) >= 11 is 0. The van der Waals surface area contributed by atoms with Gasteiger partial charge in [-0.1, -0.05) is 30.4 Å². The van der Waals surface area contributed by atoms with E-state index in [4.69, 9.17) is 15.6 Å². The minimum absolute atomic E-state index is 0.00399. The molecule has 0 fully saturated rings. The average Bonchev–Trinajstić information content (AvgIpc) is 2.60. The Morgan fingerprint density at radius 1 is 1.08 bits per heavy atom. The third-order valence-corrected chi connectivity index (χ3v) is 3.67. The van der Waals surface area contributed by atoms with E-state index in [9.17, 15) is 4.79 Å². The van der Waals surface area contributed by atoms with E-state index >= 15 is 0 Å². The molecule has 0 aliphatic carbocycles. The van der Waals surface area contributed by atoms with Gasteiger partial charge in [-0.3, -0.25) is 4.79 Å². The van der Waals surface area contributed by atoms with E-state index in [0.717, 1.165) is 28.0 Å². The number of benzene rings is 2. The zero-order valence-electron chi connectivity index (χ0n) is 13.6. The second-order valence-electron chi connectivity index (χ2n) is 5.58. The minimum atomic E-state index is -0.858. The number of para-hydroxylation sites is 1. The Bertz CT molecular complexity index is 921. The normalized spacial score (nSPS) is 11.0. The Morgan fingerprint density at radius 3 is 2.64 bits per heavy atom. The minimum Gasteiger partial charge on any atom is -0.481 e. The van der Waals surface area contributed by atoms with Crippen LogP contribution in [0.1, 0.15) is 12.0 Å². The van der Waals surface area contributed by atoms with Gasteiger partial charge in [0.05, 0.1) is 11.9 Å². The topological polar surface area (TPSA) is 85.4 Å². The number of hydrogen-bond donors (Lipinski definition) is 2. The molecule has 126 valence electrons. The number of anilines is 1. The third kappa shape index (κ3) is 4.35. The first-order valence-corrected chi connectivity index (χ1v) is 7.90. The van der Waals surface area contributed by atoms with Crippen molar-refractivity contribution >= 4 is 22.7 Å². The maximum absolute atomic E-state index is 10.5. The molecule has 0 radical (unpaired) electrons. The Balaban J connectivity index is 1.83. The van der Waals surface area contributed by atoms with Crippen molar-refractivity contribution < 1.29 is 14.6 Å². The van der Waals surface area contributed by atoms with Gasteiger partial charge in [-0.25, -0.2) is 4.98 Å². The van der Waals surface area contributed by atoms with Gasteiger partial charge >= 0.3 is 5.97 Å². The Morgan fingerprint density at radius 2 is 1.88 bits per heavy atom. The monoisotopic (exact) mass is 334 g/mol. The summed E-state index contributed by atoms with van der Waals surface area (Å²) in [7, 11) is 0. The second kappa shape index (κ2) is 7.49. The molecular formula is C20H18N2O3. The summed E-state index contributed by atoms with van der Waals surface area (Å²) in [6.45, 7) is 0. The van der Waals surface area contributed by atoms with Gasteiger partial charge in [0.2, 0.25) is 0 Å². The molecule has 25 heavy (non-hydrogen) atoms. The summed E-state index contributed by atoms with van der Waals surface area (Å²) in [5, 5.41) is 9.58. The first-order valence-electron chi connectivity index (χ1n) is 7.90. The van der Waals surface area contributed by atoms with Crippen molar-refractivity contribution in [2.75, 3.05) is 5.73 Å². The highest BCUT2D eigenvalue weighted by Gasteiger charge is 2.05. The first kappa shape index (κ1) is 16.5. The summed E-state index contributed by atoms with van der Waals surface area (Å²) < 4.78 is 5.84. The van der Waals surface area contributed by atoms with Crippen LogP contribution in [0, 0.1) is 0 Å². The number of rotatable bonds is 6. The lowest BCUT2D eigenvalue weighted by Gasteiger charge is -2.09. The predicted octanol–water partition coefficient (Wildman–Crippen LogP) is 4.18. The molecule has 5 heteroatoms. The summed E-state index contributed by atoms with van der Waals surface area (Å²) in [5.41, 5.74) is 7.64. The van der Waals surface area contributed by atoms with E-state index in [-0.39, 0.29) is 6.42 Å². The van der Waals surface area contributed by atoms with E-state index in [2.05, 4.69) is 4.98 Å². The predicted molar refractivity (Wildman–Crippen MR) is 97.8 cm³/mol. The molecule has 2 aromatic carbocycles. The number of nitrogen functional groups attached to an aromatic ring is 1. The molecule has 0 amide bonds. The zero-order chi connectivity index (χ0) is 17.6. The van der Waals surface area contributed by atoms with Crippen molar-refractivity contribution in [3.63, 3.8) is 0 Å². The van der Waals surface area contributed by atoms with Gasteiger partial charge in [0.25, 0.3) is 0 Å². The van der Waals surface area contributed by atoms with Crippen LogP contribution >= 0.6 is 0 Å². The molecule has 0 atom stereocenters. The van der Waals surface area contributed by atoms with Crippen LogP contribution in [0.2, 0.25) is 0 Å². The number of carboxylic acids is 1. The van der Waals surface area contributed by atoms with Crippen LogP contribution in [0.5, 0.6) is 11.5 Å². The highest BCUT2D eigenvalue weighted by molar-refractivity contribution is 5.83. The molecule has 3 N–H and O–H groups in total. The third-order valence-electron chi connectivity index (χ3n) is 3.67. The van der Waals surface area contributed by atoms with E-state index in [1.807, 2.05) is 54.6 Å². The molecular weight excluding hydrogens is 316 g/mol. The number of pyridine rings is 1. The largest absolute Gasteiger partial charge is 0.481 e. The van der Waals surface area contributed by atoms with E-state index in [0.29, 0.717) is 12.2 Å². The molecule has 1 aromatic heterocycles. The summed E-state index contributed by atoms with van der Waals surface area (Å²) in [5.74, 6) is 1.08. The lowest BCUT2D eigenvalue weighted by atomic mass is 10.1. The van der Waals surface area contributed by atoms with E-state index < -0.39 is 5.97 Å². The highest BCUT2D eigenvalue weighted by atomic mass is 16.5. The highest BCUT2D eigenvalue weighted by Crippen LogP contribution is 2.27. The average molecular weight is 334 g/mol. The number of aliphatic carboxylic acids is 1. The molecule has 0 saturated carbocycles. The van der Waals surface area contributed by atoms with Crippen molar-refractivity contribution in [2.24, 2.45) is 0 Å². The van der Waals surface area contributed by atoms with Gasteiger partial charge < -0.3 is 15.6 Å². The number of nitrogens with two attached hydrogens (primary N) is 1. The van der Waals surface area contributed by atoms with Crippen LogP contribution in [0.25, 0.3) is 10.9 Å². The van der Waals surface area contributed by atoms with Gasteiger partial charge in [-0.15, -0.1) is 0 Å². The summed E-state index contributed by atoms with van der Waals surface area (Å²) in [6, 6.07) is 17.2. The molecule has 1 heterocycles. The van der Waals surface area contributed by atoms with Gasteiger partial charge in [0, 0.05) is 5.39 Å². The fraction of sp³-hybridized carbons (Fsp3) is 0.100. The molecule has 0 spiro atoms. The zero-order valence-corrected chi connectivity index (χ0v) is 13.6. The Kier molecular flexibility index (Phi) is 4.95. The SMILES string of the molecule is Nc1nc2ccc(Oc3ccccc3)cc2cc1C/C=C\CC(=O)O. The van der Waals surface area contributed by atoms with Crippen LogP contribution in [-0.4, -0.2) is 16.1 Å². The van der Waals surface area contributed by atoms with Crippen molar-refractivity contribution in [1.29, 1.82) is 0 Å².